The first-order valence-corrected chi connectivity index (χ1v) is 7.83. The van der Waals surface area contributed by atoms with Gasteiger partial charge in [0.2, 0.25) is 5.95 Å². The Hall–Kier alpha value is -2.50. The van der Waals surface area contributed by atoms with Crippen molar-refractivity contribution in [1.82, 2.24) is 9.97 Å². The van der Waals surface area contributed by atoms with Crippen molar-refractivity contribution in [3.8, 4) is 11.5 Å². The second-order valence-electron chi connectivity index (χ2n) is 5.48. The highest BCUT2D eigenvalue weighted by Gasteiger charge is 2.14. The molecule has 0 unspecified atom stereocenters. The zero-order valence-electron chi connectivity index (χ0n) is 13.6. The molecule has 6 heteroatoms. The fourth-order valence-electron chi connectivity index (χ4n) is 2.70. The molecule has 3 rings (SSSR count). The van der Waals surface area contributed by atoms with Crippen molar-refractivity contribution in [1.29, 1.82) is 0 Å². The van der Waals surface area contributed by atoms with Crippen LogP contribution in [-0.2, 0) is 6.54 Å². The van der Waals surface area contributed by atoms with E-state index < -0.39 is 0 Å². The van der Waals surface area contributed by atoms with Crippen LogP contribution in [0.1, 0.15) is 18.4 Å². The minimum absolute atomic E-state index is 0.663. The second-order valence-corrected chi connectivity index (χ2v) is 5.48. The lowest BCUT2D eigenvalue weighted by molar-refractivity contribution is 0.354. The Morgan fingerprint density at radius 2 is 1.87 bits per heavy atom. The molecule has 0 bridgehead atoms. The fraction of sp³-hybridized carbons (Fsp3) is 0.412. The van der Waals surface area contributed by atoms with E-state index in [9.17, 15) is 0 Å². The van der Waals surface area contributed by atoms with Crippen molar-refractivity contribution in [3.05, 3.63) is 36.0 Å². The standard InChI is InChI=1S/C17H22N4O2/c1-22-14-6-5-13(11-15(14)23-2)12-19-16-7-8-18-17(20-16)21-9-3-4-10-21/h5-8,11H,3-4,9-10,12H2,1-2H3,(H,18,19,20). The molecule has 1 aliphatic heterocycles. The van der Waals surface area contributed by atoms with Crippen LogP contribution in [0.3, 0.4) is 0 Å². The number of nitrogens with zero attached hydrogens (tertiary/aromatic N) is 3. The summed E-state index contributed by atoms with van der Waals surface area (Å²) < 4.78 is 10.6. The van der Waals surface area contributed by atoms with Gasteiger partial charge in [0.1, 0.15) is 5.82 Å². The van der Waals surface area contributed by atoms with E-state index in [4.69, 9.17) is 9.47 Å². The molecule has 0 radical (unpaired) electrons. The lowest BCUT2D eigenvalue weighted by Gasteiger charge is -2.16. The number of anilines is 2. The molecule has 0 amide bonds. The third kappa shape index (κ3) is 3.64. The highest BCUT2D eigenvalue weighted by atomic mass is 16.5. The molecule has 0 spiro atoms. The Balaban J connectivity index is 1.67. The molecule has 122 valence electrons. The first-order valence-electron chi connectivity index (χ1n) is 7.83. The predicted molar refractivity (Wildman–Crippen MR) is 90.4 cm³/mol. The van der Waals surface area contributed by atoms with Crippen LogP contribution in [0.25, 0.3) is 0 Å². The van der Waals surface area contributed by atoms with Crippen molar-refractivity contribution >= 4 is 11.8 Å². The van der Waals surface area contributed by atoms with E-state index in [1.165, 1.54) is 12.8 Å². The smallest absolute Gasteiger partial charge is 0.227 e. The quantitative estimate of drug-likeness (QED) is 0.884. The first kappa shape index (κ1) is 15.4. The average Bonchev–Trinajstić information content (AvgIpc) is 3.14. The summed E-state index contributed by atoms with van der Waals surface area (Å²) in [5.74, 6) is 3.10. The Bertz CT molecular complexity index is 657. The first-order chi connectivity index (χ1) is 11.3. The number of hydrogen-bond donors (Lipinski definition) is 1. The number of aromatic nitrogens is 2. The molecule has 0 saturated carbocycles. The minimum Gasteiger partial charge on any atom is -0.493 e. The minimum atomic E-state index is 0.663. The Labute approximate surface area is 136 Å². The van der Waals surface area contributed by atoms with Gasteiger partial charge in [-0.05, 0) is 36.6 Å². The van der Waals surface area contributed by atoms with E-state index in [0.29, 0.717) is 6.54 Å². The number of methoxy groups -OCH3 is 2. The predicted octanol–water partition coefficient (Wildman–Crippen LogP) is 2.71. The summed E-state index contributed by atoms with van der Waals surface area (Å²) in [5.41, 5.74) is 1.10. The van der Waals surface area contributed by atoms with Crippen molar-refractivity contribution in [2.45, 2.75) is 19.4 Å². The number of hydrogen-bond acceptors (Lipinski definition) is 6. The summed E-state index contributed by atoms with van der Waals surface area (Å²) in [6, 6.07) is 7.77. The van der Waals surface area contributed by atoms with Gasteiger partial charge in [0.15, 0.2) is 11.5 Å². The largest absolute Gasteiger partial charge is 0.493 e. The molecule has 1 saturated heterocycles. The van der Waals surface area contributed by atoms with E-state index in [-0.39, 0.29) is 0 Å². The number of ether oxygens (including phenoxy) is 2. The molecule has 1 N–H and O–H groups in total. The molecular weight excluding hydrogens is 292 g/mol. The van der Waals surface area contributed by atoms with Crippen LogP contribution in [-0.4, -0.2) is 37.3 Å². The van der Waals surface area contributed by atoms with Crippen LogP contribution in [0.15, 0.2) is 30.5 Å². The molecule has 0 atom stereocenters. The lowest BCUT2D eigenvalue weighted by Crippen LogP contribution is -2.20. The third-order valence-electron chi connectivity index (χ3n) is 3.95. The SMILES string of the molecule is COc1ccc(CNc2ccnc(N3CCCC3)n2)cc1OC. The van der Waals surface area contributed by atoms with Crippen molar-refractivity contribution in [3.63, 3.8) is 0 Å². The topological polar surface area (TPSA) is 59.5 Å². The molecule has 23 heavy (non-hydrogen) atoms. The summed E-state index contributed by atoms with van der Waals surface area (Å²) >= 11 is 0. The van der Waals surface area contributed by atoms with Crippen molar-refractivity contribution in [2.24, 2.45) is 0 Å². The van der Waals surface area contributed by atoms with E-state index in [0.717, 1.165) is 41.9 Å². The van der Waals surface area contributed by atoms with Crippen molar-refractivity contribution < 1.29 is 9.47 Å². The van der Waals surface area contributed by atoms with Gasteiger partial charge >= 0.3 is 0 Å². The van der Waals surface area contributed by atoms with Gasteiger partial charge in [-0.2, -0.15) is 4.98 Å². The molecule has 0 aliphatic carbocycles. The summed E-state index contributed by atoms with van der Waals surface area (Å²) in [6.07, 6.45) is 4.23. The van der Waals surface area contributed by atoms with Gasteiger partial charge in [-0.3, -0.25) is 0 Å². The Morgan fingerprint density at radius 1 is 1.09 bits per heavy atom. The van der Waals surface area contributed by atoms with E-state index in [1.54, 1.807) is 20.4 Å². The van der Waals surface area contributed by atoms with Crippen LogP contribution in [0.4, 0.5) is 11.8 Å². The third-order valence-corrected chi connectivity index (χ3v) is 3.95. The Morgan fingerprint density at radius 3 is 2.61 bits per heavy atom. The van der Waals surface area contributed by atoms with E-state index in [2.05, 4.69) is 20.2 Å². The van der Waals surface area contributed by atoms with Gasteiger partial charge in [-0.15, -0.1) is 0 Å². The van der Waals surface area contributed by atoms with Gasteiger partial charge < -0.3 is 19.7 Å². The van der Waals surface area contributed by atoms with E-state index >= 15 is 0 Å². The van der Waals surface area contributed by atoms with Gasteiger partial charge in [0.05, 0.1) is 14.2 Å². The summed E-state index contributed by atoms with van der Waals surface area (Å²) in [6.45, 7) is 2.75. The maximum absolute atomic E-state index is 5.33. The van der Waals surface area contributed by atoms with Crippen LogP contribution in [0, 0.1) is 0 Å². The fourth-order valence-corrected chi connectivity index (χ4v) is 2.70. The molecule has 1 aromatic heterocycles. The van der Waals surface area contributed by atoms with Gasteiger partial charge in [0.25, 0.3) is 0 Å². The summed E-state index contributed by atoms with van der Waals surface area (Å²) in [5, 5.41) is 3.34. The van der Waals surface area contributed by atoms with Crippen LogP contribution < -0.4 is 19.7 Å². The monoisotopic (exact) mass is 314 g/mol. The maximum Gasteiger partial charge on any atom is 0.227 e. The molecule has 6 nitrogen and oxygen atoms in total. The number of rotatable bonds is 6. The Kier molecular flexibility index (Phi) is 4.80. The highest BCUT2D eigenvalue weighted by molar-refractivity contribution is 5.45. The van der Waals surface area contributed by atoms with Gasteiger partial charge in [-0.1, -0.05) is 6.07 Å². The van der Waals surface area contributed by atoms with Gasteiger partial charge in [-0.25, -0.2) is 4.98 Å². The van der Waals surface area contributed by atoms with Crippen LogP contribution in [0.2, 0.25) is 0 Å². The normalized spacial score (nSPS) is 13.9. The summed E-state index contributed by atoms with van der Waals surface area (Å²) in [7, 11) is 3.28. The molecule has 2 heterocycles. The number of benzene rings is 1. The van der Waals surface area contributed by atoms with Crippen LogP contribution in [0.5, 0.6) is 11.5 Å². The van der Waals surface area contributed by atoms with E-state index in [1.807, 2.05) is 24.3 Å². The average molecular weight is 314 g/mol. The molecule has 1 aromatic carbocycles. The second kappa shape index (κ2) is 7.17. The zero-order chi connectivity index (χ0) is 16.1. The maximum atomic E-state index is 5.33. The van der Waals surface area contributed by atoms with Crippen LogP contribution >= 0.6 is 0 Å². The molecule has 2 aromatic rings. The molecule has 1 fully saturated rings. The van der Waals surface area contributed by atoms with Crippen molar-refractivity contribution in [2.75, 3.05) is 37.5 Å². The summed E-state index contributed by atoms with van der Waals surface area (Å²) in [4.78, 5) is 11.2. The zero-order valence-corrected chi connectivity index (χ0v) is 13.6. The lowest BCUT2D eigenvalue weighted by atomic mass is 10.2. The highest BCUT2D eigenvalue weighted by Crippen LogP contribution is 2.27. The molecule has 1 aliphatic rings. The molecular formula is C17H22N4O2. The number of nitrogens with one attached hydrogen (secondary N) is 1. The van der Waals surface area contributed by atoms with Gasteiger partial charge in [0, 0.05) is 25.8 Å².